The summed E-state index contributed by atoms with van der Waals surface area (Å²) >= 11 is 3.09. The Morgan fingerprint density at radius 1 is 0.829 bits per heavy atom. The highest BCUT2D eigenvalue weighted by atomic mass is 79.9. The van der Waals surface area contributed by atoms with Crippen molar-refractivity contribution in [2.45, 2.75) is 33.6 Å². The van der Waals surface area contributed by atoms with Crippen molar-refractivity contribution in [3.63, 3.8) is 0 Å². The summed E-state index contributed by atoms with van der Waals surface area (Å²) in [5, 5.41) is 2.90. The molecule has 0 aromatic heterocycles. The maximum absolute atomic E-state index is 11.7. The van der Waals surface area contributed by atoms with Crippen LogP contribution in [0.15, 0.2) is 72.8 Å². The molecule has 3 aromatic rings. The van der Waals surface area contributed by atoms with Crippen LogP contribution in [0.2, 0.25) is 0 Å². The third-order valence-corrected chi connectivity index (χ3v) is 5.74. The van der Waals surface area contributed by atoms with Gasteiger partial charge in [-0.25, -0.2) is 0 Å². The minimum absolute atomic E-state index is 0.0291. The molecule has 0 aliphatic heterocycles. The first-order chi connectivity index (χ1) is 16.8. The van der Waals surface area contributed by atoms with Crippen molar-refractivity contribution in [1.82, 2.24) is 5.32 Å². The van der Waals surface area contributed by atoms with Crippen molar-refractivity contribution in [2.75, 3.05) is 11.9 Å². The number of hydrogen-bond acceptors (Lipinski definition) is 3. The van der Waals surface area contributed by atoms with Gasteiger partial charge >= 0.3 is 0 Å². The minimum atomic E-state index is -0.242. The van der Waals surface area contributed by atoms with E-state index in [-0.39, 0.29) is 22.8 Å². The number of carbonyl (C=O) groups excluding carboxylic acids is 3. The second kappa shape index (κ2) is 14.7. The van der Waals surface area contributed by atoms with Crippen molar-refractivity contribution in [2.24, 2.45) is 0 Å². The summed E-state index contributed by atoms with van der Waals surface area (Å²) in [7, 11) is 0. The number of aryl methyl sites for hydroxylation is 2. The molecule has 3 aromatic carbocycles. The second-order valence-corrected chi connectivity index (χ2v) is 8.48. The molecule has 1 N–H and O–H groups in total. The Balaban J connectivity index is 0.000000247. The Morgan fingerprint density at radius 3 is 2.00 bits per heavy atom. The summed E-state index contributed by atoms with van der Waals surface area (Å²) in [5.41, 5.74) is 5.83. The van der Waals surface area contributed by atoms with Gasteiger partial charge in [0, 0.05) is 35.2 Å². The molecule has 0 saturated heterocycles. The van der Waals surface area contributed by atoms with E-state index in [9.17, 15) is 14.4 Å². The normalized spacial score (nSPS) is 9.71. The van der Waals surface area contributed by atoms with Crippen molar-refractivity contribution in [1.29, 1.82) is 0 Å². The van der Waals surface area contributed by atoms with Gasteiger partial charge in [0.25, 0.3) is 5.91 Å². The molecule has 0 aliphatic rings. The number of amides is 1. The third-order valence-electron chi connectivity index (χ3n) is 5.23. The van der Waals surface area contributed by atoms with Crippen molar-refractivity contribution in [3.05, 3.63) is 106 Å². The van der Waals surface area contributed by atoms with Crippen molar-refractivity contribution < 1.29 is 14.4 Å². The van der Waals surface area contributed by atoms with E-state index >= 15 is 0 Å². The fraction of sp³-hybridized carbons (Fsp3) is 0.233. The molecule has 4 nitrogen and oxygen atoms in total. The van der Waals surface area contributed by atoms with Gasteiger partial charge in [0.15, 0.2) is 5.78 Å². The number of alkyl halides is 1. The van der Waals surface area contributed by atoms with E-state index in [1.165, 1.54) is 18.1 Å². The smallest absolute Gasteiger partial charge is 0.251 e. The number of hydrogen-bond donors (Lipinski definition) is 1. The van der Waals surface area contributed by atoms with Gasteiger partial charge in [-0.1, -0.05) is 83.2 Å². The summed E-state index contributed by atoms with van der Waals surface area (Å²) in [6.45, 7) is 6.06. The average Bonchev–Trinajstić information content (AvgIpc) is 2.88. The molecule has 0 radical (unpaired) electrons. The van der Waals surface area contributed by atoms with Gasteiger partial charge in [0.2, 0.25) is 0 Å². The fourth-order valence-electron chi connectivity index (χ4n) is 3.14. The zero-order valence-electron chi connectivity index (χ0n) is 20.4. The van der Waals surface area contributed by atoms with Crippen LogP contribution in [-0.2, 0) is 11.2 Å². The number of ketones is 2. The molecule has 5 heteroatoms. The number of rotatable bonds is 7. The number of benzene rings is 3. The average molecular weight is 532 g/mol. The summed E-state index contributed by atoms with van der Waals surface area (Å²) in [4.78, 5) is 33.7. The first-order valence-corrected chi connectivity index (χ1v) is 12.6. The monoisotopic (exact) mass is 531 g/mol. The minimum Gasteiger partial charge on any atom is -0.352 e. The lowest BCUT2D eigenvalue weighted by Crippen LogP contribution is -2.25. The highest BCUT2D eigenvalue weighted by molar-refractivity contribution is 9.09. The molecule has 180 valence electrons. The Labute approximate surface area is 216 Å². The first-order valence-electron chi connectivity index (χ1n) is 11.5. The van der Waals surface area contributed by atoms with Gasteiger partial charge in [-0.3, -0.25) is 14.4 Å². The van der Waals surface area contributed by atoms with Crippen molar-refractivity contribution >= 4 is 33.4 Å². The maximum Gasteiger partial charge on any atom is 0.251 e. The summed E-state index contributed by atoms with van der Waals surface area (Å²) in [6, 6.07) is 23.0. The van der Waals surface area contributed by atoms with Crippen LogP contribution < -0.4 is 5.32 Å². The predicted octanol–water partition coefficient (Wildman–Crippen LogP) is 5.93. The number of Topliss-reactive ketones (excluding diaryl/α,β-unsaturated/α-hetero) is 2. The molecule has 0 fully saturated rings. The standard InChI is InChI=1S/C17H16.C13H14BrNO3/c1-3-15-9-6-7-11-17(15)13-12-16-10-5-4-8-14(16)2;1-9(16)6-7-15-13(18)11-4-2-10(3-5-11)12(17)8-14/h4-11H,3H2,1-2H3;2-5H,6-8H2,1H3,(H,15,18). The topological polar surface area (TPSA) is 63.2 Å². The highest BCUT2D eigenvalue weighted by Gasteiger charge is 2.08. The Hall–Kier alpha value is -3.49. The van der Waals surface area contributed by atoms with Crippen LogP contribution in [0.3, 0.4) is 0 Å². The highest BCUT2D eigenvalue weighted by Crippen LogP contribution is 2.10. The Kier molecular flexibility index (Phi) is 11.7. The molecular weight excluding hydrogens is 502 g/mol. The van der Waals surface area contributed by atoms with Crippen molar-refractivity contribution in [3.8, 4) is 11.8 Å². The summed E-state index contributed by atoms with van der Waals surface area (Å²) < 4.78 is 0. The Morgan fingerprint density at radius 2 is 1.40 bits per heavy atom. The van der Waals surface area contributed by atoms with E-state index in [0.29, 0.717) is 24.1 Å². The number of halogens is 1. The first kappa shape index (κ1) is 27.8. The molecule has 0 bridgehead atoms. The van der Waals surface area contributed by atoms with Gasteiger partial charge in [-0.05, 0) is 55.7 Å². The number of nitrogens with one attached hydrogen (secondary N) is 1. The van der Waals surface area contributed by atoms with Crippen LogP contribution in [0.5, 0.6) is 0 Å². The SMILES string of the molecule is CC(=O)CCNC(=O)c1ccc(C(=O)CBr)cc1.CCc1ccccc1C#Cc1ccccc1C. The van der Waals surface area contributed by atoms with Crippen LogP contribution in [0, 0.1) is 18.8 Å². The van der Waals surface area contributed by atoms with Crippen LogP contribution in [-0.4, -0.2) is 29.3 Å². The molecular formula is C30H30BrNO3. The molecule has 35 heavy (non-hydrogen) atoms. The van der Waals surface area contributed by atoms with Crippen LogP contribution in [0.4, 0.5) is 0 Å². The molecule has 0 aliphatic carbocycles. The lowest BCUT2D eigenvalue weighted by Gasteiger charge is -2.04. The zero-order chi connectivity index (χ0) is 25.6. The van der Waals surface area contributed by atoms with Gasteiger partial charge in [0.05, 0.1) is 5.33 Å². The fourth-order valence-corrected chi connectivity index (χ4v) is 3.46. The Bertz CT molecular complexity index is 1220. The zero-order valence-corrected chi connectivity index (χ0v) is 21.9. The molecule has 0 heterocycles. The maximum atomic E-state index is 11.7. The van der Waals surface area contributed by atoms with E-state index in [1.807, 2.05) is 18.2 Å². The lowest BCUT2D eigenvalue weighted by molar-refractivity contribution is -0.116. The number of carbonyl (C=O) groups is 3. The van der Waals surface area contributed by atoms with E-state index in [2.05, 4.69) is 77.3 Å². The molecule has 0 spiro atoms. The molecule has 1 amide bonds. The van der Waals surface area contributed by atoms with Gasteiger partial charge in [0.1, 0.15) is 5.78 Å². The van der Waals surface area contributed by atoms with E-state index in [4.69, 9.17) is 0 Å². The largest absolute Gasteiger partial charge is 0.352 e. The molecule has 0 unspecified atom stereocenters. The van der Waals surface area contributed by atoms with E-state index in [1.54, 1.807) is 24.3 Å². The molecule has 3 rings (SSSR count). The third kappa shape index (κ3) is 9.35. The van der Waals surface area contributed by atoms with E-state index < -0.39 is 0 Å². The summed E-state index contributed by atoms with van der Waals surface area (Å²) in [5.74, 6) is 6.29. The van der Waals surface area contributed by atoms with Crippen LogP contribution in [0.25, 0.3) is 0 Å². The predicted molar refractivity (Wildman–Crippen MR) is 145 cm³/mol. The molecule has 0 saturated carbocycles. The van der Waals surface area contributed by atoms with Gasteiger partial charge < -0.3 is 5.32 Å². The van der Waals surface area contributed by atoms with Gasteiger partial charge in [-0.2, -0.15) is 0 Å². The van der Waals surface area contributed by atoms with Crippen LogP contribution in [0.1, 0.15) is 63.2 Å². The quantitative estimate of drug-likeness (QED) is 0.233. The van der Waals surface area contributed by atoms with Crippen LogP contribution >= 0.6 is 15.9 Å². The lowest BCUT2D eigenvalue weighted by atomic mass is 10.0. The summed E-state index contributed by atoms with van der Waals surface area (Å²) in [6.07, 6.45) is 1.35. The van der Waals surface area contributed by atoms with E-state index in [0.717, 1.165) is 17.5 Å². The molecule has 0 atom stereocenters. The second-order valence-electron chi connectivity index (χ2n) is 7.92. The van der Waals surface area contributed by atoms with Gasteiger partial charge in [-0.15, -0.1) is 0 Å².